The second-order valence-corrected chi connectivity index (χ2v) is 4.88. The fourth-order valence-corrected chi connectivity index (χ4v) is 2.59. The molecule has 6 heteroatoms. The number of carbonyl (C=O) groups is 1. The molecule has 1 aliphatic heterocycles. The van der Waals surface area contributed by atoms with Crippen molar-refractivity contribution in [1.29, 1.82) is 0 Å². The number of methoxy groups -OCH3 is 1. The summed E-state index contributed by atoms with van der Waals surface area (Å²) in [4.78, 5) is 27.0. The zero-order valence-corrected chi connectivity index (χ0v) is 11.8. The quantitative estimate of drug-likeness (QED) is 0.860. The van der Waals surface area contributed by atoms with Gasteiger partial charge in [0.2, 0.25) is 5.88 Å². The summed E-state index contributed by atoms with van der Waals surface area (Å²) < 4.78 is 5.01. The third-order valence-electron chi connectivity index (χ3n) is 3.63. The molecule has 21 heavy (non-hydrogen) atoms. The molecule has 1 fully saturated rings. The minimum atomic E-state index is -0.0293. The van der Waals surface area contributed by atoms with Gasteiger partial charge in [-0.2, -0.15) is 0 Å². The molecule has 2 aromatic heterocycles. The van der Waals surface area contributed by atoms with Crippen LogP contribution in [0.5, 0.6) is 5.88 Å². The second-order valence-electron chi connectivity index (χ2n) is 4.88. The molecule has 0 saturated carbocycles. The van der Waals surface area contributed by atoms with Crippen LogP contribution in [-0.4, -0.2) is 39.4 Å². The van der Waals surface area contributed by atoms with E-state index in [1.807, 2.05) is 4.90 Å². The van der Waals surface area contributed by atoms with E-state index in [0.717, 1.165) is 25.1 Å². The van der Waals surface area contributed by atoms with Gasteiger partial charge in [0.25, 0.3) is 5.91 Å². The molecule has 6 nitrogen and oxygen atoms in total. The van der Waals surface area contributed by atoms with Gasteiger partial charge in [0.05, 0.1) is 30.6 Å². The van der Waals surface area contributed by atoms with Crippen LogP contribution < -0.4 is 4.74 Å². The maximum Gasteiger partial charge on any atom is 0.255 e. The molecule has 0 N–H and O–H groups in total. The predicted octanol–water partition coefficient (Wildman–Crippen LogP) is 1.86. The molecule has 1 unspecified atom stereocenters. The SMILES string of the molecule is COc1ccc(C(=O)N2CCCC2c2cnccn2)cn1. The molecular formula is C15H16N4O2. The van der Waals surface area contributed by atoms with E-state index < -0.39 is 0 Å². The number of hydrogen-bond donors (Lipinski definition) is 0. The molecule has 0 aliphatic carbocycles. The highest BCUT2D eigenvalue weighted by molar-refractivity contribution is 5.94. The Morgan fingerprint density at radius 3 is 2.86 bits per heavy atom. The molecule has 2 aromatic rings. The van der Waals surface area contributed by atoms with E-state index >= 15 is 0 Å². The lowest BCUT2D eigenvalue weighted by molar-refractivity contribution is 0.0732. The Kier molecular flexibility index (Phi) is 3.77. The summed E-state index contributed by atoms with van der Waals surface area (Å²) in [7, 11) is 1.55. The molecule has 0 bridgehead atoms. The zero-order chi connectivity index (χ0) is 14.7. The smallest absolute Gasteiger partial charge is 0.255 e. The van der Waals surface area contributed by atoms with E-state index in [1.165, 1.54) is 0 Å². The standard InChI is InChI=1S/C15H16N4O2/c1-21-14-5-4-11(9-18-14)15(20)19-8-2-3-13(19)12-10-16-6-7-17-12/h4-7,9-10,13H,2-3,8H2,1H3. The maximum absolute atomic E-state index is 12.6. The molecule has 1 saturated heterocycles. The Hall–Kier alpha value is -2.50. The fraction of sp³-hybridized carbons (Fsp3) is 0.333. The van der Waals surface area contributed by atoms with Crippen molar-refractivity contribution in [3.05, 3.63) is 48.2 Å². The topological polar surface area (TPSA) is 68.2 Å². The van der Waals surface area contributed by atoms with Gasteiger partial charge in [0.15, 0.2) is 0 Å². The molecule has 0 spiro atoms. The van der Waals surface area contributed by atoms with Gasteiger partial charge in [-0.25, -0.2) is 4.98 Å². The average molecular weight is 284 g/mol. The Labute approximate surface area is 122 Å². The highest BCUT2D eigenvalue weighted by Gasteiger charge is 2.31. The molecule has 0 aromatic carbocycles. The first-order valence-electron chi connectivity index (χ1n) is 6.86. The molecule has 3 heterocycles. The van der Waals surface area contributed by atoms with Crippen molar-refractivity contribution in [2.24, 2.45) is 0 Å². The number of aromatic nitrogens is 3. The van der Waals surface area contributed by atoms with Crippen molar-refractivity contribution in [3.63, 3.8) is 0 Å². The van der Waals surface area contributed by atoms with Crippen LogP contribution in [0.2, 0.25) is 0 Å². The highest BCUT2D eigenvalue weighted by atomic mass is 16.5. The number of likely N-dealkylation sites (tertiary alicyclic amines) is 1. The van der Waals surface area contributed by atoms with Crippen molar-refractivity contribution >= 4 is 5.91 Å². The molecule has 108 valence electrons. The Balaban J connectivity index is 1.82. The molecular weight excluding hydrogens is 268 g/mol. The summed E-state index contributed by atoms with van der Waals surface area (Å²) in [6.07, 6.45) is 8.45. The summed E-state index contributed by atoms with van der Waals surface area (Å²) in [6.45, 7) is 0.728. The first kappa shape index (κ1) is 13.5. The fourth-order valence-electron chi connectivity index (χ4n) is 2.59. The van der Waals surface area contributed by atoms with Crippen LogP contribution in [0.1, 0.15) is 34.9 Å². The van der Waals surface area contributed by atoms with Gasteiger partial charge in [-0.15, -0.1) is 0 Å². The van der Waals surface area contributed by atoms with Crippen molar-refractivity contribution in [2.45, 2.75) is 18.9 Å². The number of rotatable bonds is 3. The lowest BCUT2D eigenvalue weighted by Crippen LogP contribution is -2.31. The normalized spacial score (nSPS) is 17.8. The van der Waals surface area contributed by atoms with Gasteiger partial charge in [-0.1, -0.05) is 0 Å². The van der Waals surface area contributed by atoms with Crippen LogP contribution in [0.25, 0.3) is 0 Å². The number of carbonyl (C=O) groups excluding carboxylic acids is 1. The van der Waals surface area contributed by atoms with Crippen molar-refractivity contribution in [3.8, 4) is 5.88 Å². The van der Waals surface area contributed by atoms with Crippen molar-refractivity contribution in [1.82, 2.24) is 19.9 Å². The molecule has 3 rings (SSSR count). The third kappa shape index (κ3) is 2.69. The maximum atomic E-state index is 12.6. The van der Waals surface area contributed by atoms with E-state index in [9.17, 15) is 4.79 Å². The lowest BCUT2D eigenvalue weighted by atomic mass is 10.1. The molecule has 1 aliphatic rings. The van der Waals surface area contributed by atoms with E-state index in [4.69, 9.17) is 4.74 Å². The van der Waals surface area contributed by atoms with Crippen LogP contribution >= 0.6 is 0 Å². The van der Waals surface area contributed by atoms with E-state index in [-0.39, 0.29) is 11.9 Å². The number of pyridine rings is 1. The van der Waals surface area contributed by atoms with Gasteiger partial charge in [0, 0.05) is 31.2 Å². The Morgan fingerprint density at radius 2 is 2.19 bits per heavy atom. The van der Waals surface area contributed by atoms with Gasteiger partial charge in [-0.3, -0.25) is 14.8 Å². The summed E-state index contributed by atoms with van der Waals surface area (Å²) in [5.74, 6) is 0.469. The van der Waals surface area contributed by atoms with E-state index in [1.54, 1.807) is 44.0 Å². The number of ether oxygens (including phenoxy) is 1. The van der Waals surface area contributed by atoms with Crippen LogP contribution in [0.4, 0.5) is 0 Å². The second kappa shape index (κ2) is 5.87. The summed E-state index contributed by atoms with van der Waals surface area (Å²) in [6, 6.07) is 3.43. The van der Waals surface area contributed by atoms with Gasteiger partial charge >= 0.3 is 0 Å². The summed E-state index contributed by atoms with van der Waals surface area (Å²) in [5.41, 5.74) is 1.40. The molecule has 1 atom stereocenters. The molecule has 1 amide bonds. The zero-order valence-electron chi connectivity index (χ0n) is 11.8. The molecule has 0 radical (unpaired) electrons. The number of nitrogens with zero attached hydrogens (tertiary/aromatic N) is 4. The van der Waals surface area contributed by atoms with Gasteiger partial charge in [0.1, 0.15) is 0 Å². The average Bonchev–Trinajstić information content (AvgIpc) is 3.04. The summed E-state index contributed by atoms with van der Waals surface area (Å²) >= 11 is 0. The van der Waals surface area contributed by atoms with Crippen LogP contribution in [-0.2, 0) is 0 Å². The van der Waals surface area contributed by atoms with Gasteiger partial charge in [-0.05, 0) is 18.9 Å². The van der Waals surface area contributed by atoms with Crippen LogP contribution in [0.3, 0.4) is 0 Å². The largest absolute Gasteiger partial charge is 0.481 e. The number of amides is 1. The number of hydrogen-bond acceptors (Lipinski definition) is 5. The lowest BCUT2D eigenvalue weighted by Gasteiger charge is -2.24. The van der Waals surface area contributed by atoms with E-state index in [0.29, 0.717) is 11.4 Å². The Bertz CT molecular complexity index is 615. The summed E-state index contributed by atoms with van der Waals surface area (Å²) in [5, 5.41) is 0. The van der Waals surface area contributed by atoms with Gasteiger partial charge < -0.3 is 9.64 Å². The highest BCUT2D eigenvalue weighted by Crippen LogP contribution is 2.31. The van der Waals surface area contributed by atoms with Crippen molar-refractivity contribution in [2.75, 3.05) is 13.7 Å². The van der Waals surface area contributed by atoms with Crippen molar-refractivity contribution < 1.29 is 9.53 Å². The van der Waals surface area contributed by atoms with E-state index in [2.05, 4.69) is 15.0 Å². The minimum Gasteiger partial charge on any atom is -0.481 e. The predicted molar refractivity (Wildman–Crippen MR) is 75.8 cm³/mol. The van der Waals surface area contributed by atoms with Crippen LogP contribution in [0.15, 0.2) is 36.9 Å². The van der Waals surface area contributed by atoms with Crippen LogP contribution in [0, 0.1) is 0 Å². The first-order chi connectivity index (χ1) is 10.3. The Morgan fingerprint density at radius 1 is 1.29 bits per heavy atom. The monoisotopic (exact) mass is 284 g/mol. The first-order valence-corrected chi connectivity index (χ1v) is 6.86. The minimum absolute atomic E-state index is 0.00620. The third-order valence-corrected chi connectivity index (χ3v) is 3.63.